The number of rotatable bonds is 4. The highest BCUT2D eigenvalue weighted by Crippen LogP contribution is 2.64. The fourth-order valence-corrected chi connectivity index (χ4v) is 5.08. The second kappa shape index (κ2) is 5.59. The van der Waals surface area contributed by atoms with Crippen molar-refractivity contribution >= 4 is 5.78 Å². The van der Waals surface area contributed by atoms with Crippen molar-refractivity contribution in [2.45, 2.75) is 31.0 Å². The molecule has 1 aliphatic heterocycles. The number of hydrogen-bond donors (Lipinski definition) is 2. The van der Waals surface area contributed by atoms with Crippen LogP contribution in [0.3, 0.4) is 0 Å². The molecule has 1 fully saturated rings. The predicted molar refractivity (Wildman–Crippen MR) is 93.2 cm³/mol. The third-order valence-electron chi connectivity index (χ3n) is 6.31. The van der Waals surface area contributed by atoms with Crippen LogP contribution in [0.25, 0.3) is 0 Å². The molecule has 2 bridgehead atoms. The summed E-state index contributed by atoms with van der Waals surface area (Å²) in [6, 6.07) is 5.47. The fourth-order valence-electron chi connectivity index (χ4n) is 5.08. The highest BCUT2D eigenvalue weighted by molar-refractivity contribution is 6.03. The number of aliphatic hydroxyl groups is 2. The smallest absolute Gasteiger partial charge is 0.231 e. The molecule has 3 aliphatic rings. The van der Waals surface area contributed by atoms with Gasteiger partial charge in [-0.1, -0.05) is 19.1 Å². The molecular weight excluding hydrogens is 336 g/mol. The molecular formula is C20H22O6. The van der Waals surface area contributed by atoms with Crippen LogP contribution in [-0.2, 0) is 9.53 Å². The van der Waals surface area contributed by atoms with Crippen LogP contribution in [0.4, 0.5) is 0 Å². The van der Waals surface area contributed by atoms with Gasteiger partial charge in [-0.3, -0.25) is 4.79 Å². The highest BCUT2D eigenvalue weighted by Gasteiger charge is 2.72. The van der Waals surface area contributed by atoms with Gasteiger partial charge in [-0.15, -0.1) is 6.58 Å². The third-order valence-corrected chi connectivity index (χ3v) is 6.31. The maximum atomic E-state index is 13.0. The van der Waals surface area contributed by atoms with Crippen molar-refractivity contribution in [2.75, 3.05) is 13.9 Å². The third kappa shape index (κ3) is 1.86. The fraction of sp³-hybridized carbons (Fsp3) is 0.450. The quantitative estimate of drug-likeness (QED) is 0.805. The minimum atomic E-state index is -1.56. The number of carbonyl (C=O) groups excluding carboxylic acids is 1. The largest absolute Gasteiger partial charge is 0.505 e. The zero-order valence-electron chi connectivity index (χ0n) is 14.8. The topological polar surface area (TPSA) is 85.2 Å². The van der Waals surface area contributed by atoms with E-state index in [0.29, 0.717) is 17.9 Å². The number of Topliss-reactive ketones (excluding diaryl/α,β-unsaturated/α-hetero) is 1. The van der Waals surface area contributed by atoms with E-state index in [1.807, 2.05) is 19.1 Å². The van der Waals surface area contributed by atoms with Crippen LogP contribution < -0.4 is 9.47 Å². The Labute approximate surface area is 151 Å². The van der Waals surface area contributed by atoms with Gasteiger partial charge in [0.05, 0.1) is 0 Å². The van der Waals surface area contributed by atoms with Crippen LogP contribution in [0.5, 0.6) is 11.5 Å². The Morgan fingerprint density at radius 3 is 2.81 bits per heavy atom. The highest BCUT2D eigenvalue weighted by atomic mass is 16.7. The Morgan fingerprint density at radius 1 is 1.38 bits per heavy atom. The van der Waals surface area contributed by atoms with E-state index in [9.17, 15) is 15.0 Å². The zero-order chi connectivity index (χ0) is 18.7. The molecule has 0 radical (unpaired) electrons. The minimum absolute atomic E-state index is 0.152. The molecule has 1 heterocycles. The summed E-state index contributed by atoms with van der Waals surface area (Å²) in [5.74, 6) is -0.384. The van der Waals surface area contributed by atoms with E-state index in [-0.39, 0.29) is 18.5 Å². The molecule has 1 saturated carbocycles. The number of benzene rings is 1. The van der Waals surface area contributed by atoms with Crippen LogP contribution >= 0.6 is 0 Å². The Kier molecular flexibility index (Phi) is 3.68. The van der Waals surface area contributed by atoms with Crippen molar-refractivity contribution in [3.05, 3.63) is 48.3 Å². The van der Waals surface area contributed by atoms with Crippen molar-refractivity contribution in [2.24, 2.45) is 11.3 Å². The van der Waals surface area contributed by atoms with Gasteiger partial charge in [-0.2, -0.15) is 0 Å². The molecule has 0 saturated heterocycles. The van der Waals surface area contributed by atoms with Gasteiger partial charge in [0.2, 0.25) is 12.6 Å². The van der Waals surface area contributed by atoms with Crippen LogP contribution in [-0.4, -0.2) is 41.6 Å². The summed E-state index contributed by atoms with van der Waals surface area (Å²) in [6.07, 6.45) is 2.49. The Balaban J connectivity index is 1.93. The first kappa shape index (κ1) is 17.1. The number of allylic oxidation sites excluding steroid dienone is 1. The maximum Gasteiger partial charge on any atom is 0.231 e. The van der Waals surface area contributed by atoms with Crippen LogP contribution in [0.15, 0.2) is 42.7 Å². The van der Waals surface area contributed by atoms with Gasteiger partial charge < -0.3 is 24.4 Å². The summed E-state index contributed by atoms with van der Waals surface area (Å²) in [5.41, 5.74) is -1.60. The normalized spacial score (nSPS) is 37.6. The Morgan fingerprint density at radius 2 is 2.12 bits per heavy atom. The van der Waals surface area contributed by atoms with Crippen molar-refractivity contribution in [3.8, 4) is 11.5 Å². The van der Waals surface area contributed by atoms with E-state index in [2.05, 4.69) is 6.58 Å². The van der Waals surface area contributed by atoms with Crippen molar-refractivity contribution < 1.29 is 29.2 Å². The Hall–Kier alpha value is -2.31. The molecule has 2 N–H and O–H groups in total. The van der Waals surface area contributed by atoms with Crippen molar-refractivity contribution in [1.29, 1.82) is 0 Å². The summed E-state index contributed by atoms with van der Waals surface area (Å²) < 4.78 is 16.5. The predicted octanol–water partition coefficient (Wildman–Crippen LogP) is 2.48. The average molecular weight is 358 g/mol. The van der Waals surface area contributed by atoms with Crippen LogP contribution in [0.1, 0.15) is 24.8 Å². The standard InChI is InChI=1S/C20H22O6/c1-4-7-19-9-13(21)17(22)20(24-3,18(19)23)16(11(19)2)12-5-6-14-15(8-12)26-10-25-14/h4-6,8-9,11,16,18,21,23H,1,7,10H2,2-3H3/t11-,16+,18?,19-,20+/m1/s1. The van der Waals surface area contributed by atoms with Gasteiger partial charge in [0.1, 0.15) is 6.10 Å². The SMILES string of the molecule is C=CC[C@]12C=C(O)C(=O)[C@](OC)(C1O)[C@H](c1ccc3c(c1)OCO3)[C@H]2C. The number of ether oxygens (including phenoxy) is 3. The first-order valence-corrected chi connectivity index (χ1v) is 8.62. The molecule has 4 rings (SSSR count). The Bertz CT molecular complexity index is 815. The number of fused-ring (bicyclic) bond motifs is 3. The van der Waals surface area contributed by atoms with Gasteiger partial charge in [-0.05, 0) is 36.1 Å². The molecule has 5 atom stereocenters. The molecule has 1 unspecified atom stereocenters. The molecule has 1 aromatic carbocycles. The summed E-state index contributed by atoms with van der Waals surface area (Å²) in [4.78, 5) is 13.0. The van der Waals surface area contributed by atoms with E-state index in [0.717, 1.165) is 5.56 Å². The van der Waals surface area contributed by atoms with Crippen molar-refractivity contribution in [3.63, 3.8) is 0 Å². The lowest BCUT2D eigenvalue weighted by Crippen LogP contribution is -2.57. The summed E-state index contributed by atoms with van der Waals surface area (Å²) in [5, 5.41) is 21.6. The first-order valence-electron chi connectivity index (χ1n) is 8.62. The van der Waals surface area contributed by atoms with Crippen LogP contribution in [0.2, 0.25) is 0 Å². The molecule has 0 spiro atoms. The zero-order valence-corrected chi connectivity index (χ0v) is 14.8. The number of carbonyl (C=O) groups is 1. The molecule has 6 nitrogen and oxygen atoms in total. The second-order valence-electron chi connectivity index (χ2n) is 7.24. The molecule has 0 aromatic heterocycles. The van der Waals surface area contributed by atoms with E-state index in [1.54, 1.807) is 12.1 Å². The molecule has 6 heteroatoms. The average Bonchev–Trinajstić information content (AvgIpc) is 3.14. The molecule has 1 aromatic rings. The lowest BCUT2D eigenvalue weighted by Gasteiger charge is -2.41. The minimum Gasteiger partial charge on any atom is -0.505 e. The van der Waals surface area contributed by atoms with E-state index < -0.39 is 28.8 Å². The summed E-state index contributed by atoms with van der Waals surface area (Å²) >= 11 is 0. The van der Waals surface area contributed by atoms with Gasteiger partial charge in [-0.25, -0.2) is 0 Å². The molecule has 138 valence electrons. The maximum absolute atomic E-state index is 13.0. The van der Waals surface area contributed by atoms with Gasteiger partial charge in [0.25, 0.3) is 0 Å². The number of methoxy groups -OCH3 is 1. The van der Waals surface area contributed by atoms with Gasteiger partial charge in [0.15, 0.2) is 22.9 Å². The monoisotopic (exact) mass is 358 g/mol. The molecule has 26 heavy (non-hydrogen) atoms. The van der Waals surface area contributed by atoms with Gasteiger partial charge >= 0.3 is 0 Å². The van der Waals surface area contributed by atoms with Crippen LogP contribution in [0, 0.1) is 11.3 Å². The lowest BCUT2D eigenvalue weighted by atomic mass is 9.70. The number of hydrogen-bond acceptors (Lipinski definition) is 6. The van der Waals surface area contributed by atoms with E-state index in [4.69, 9.17) is 14.2 Å². The number of aliphatic hydroxyl groups excluding tert-OH is 2. The van der Waals surface area contributed by atoms with Gasteiger partial charge in [0, 0.05) is 18.4 Å². The van der Waals surface area contributed by atoms with Crippen molar-refractivity contribution in [1.82, 2.24) is 0 Å². The first-order chi connectivity index (χ1) is 12.4. The summed E-state index contributed by atoms with van der Waals surface area (Å²) in [7, 11) is 1.40. The summed E-state index contributed by atoms with van der Waals surface area (Å²) in [6.45, 7) is 5.90. The molecule has 2 aliphatic carbocycles. The van der Waals surface area contributed by atoms with E-state index >= 15 is 0 Å². The second-order valence-corrected chi connectivity index (χ2v) is 7.24. The number of ketones is 1. The lowest BCUT2D eigenvalue weighted by molar-refractivity contribution is -0.161. The molecule has 0 amide bonds. The van der Waals surface area contributed by atoms with E-state index in [1.165, 1.54) is 13.2 Å².